The van der Waals surface area contributed by atoms with E-state index >= 15 is 0 Å². The van der Waals surface area contributed by atoms with Gasteiger partial charge in [-0.05, 0) is 60.9 Å². The second kappa shape index (κ2) is 9.14. The summed E-state index contributed by atoms with van der Waals surface area (Å²) in [6.07, 6.45) is 2.54. The van der Waals surface area contributed by atoms with Crippen molar-refractivity contribution in [1.82, 2.24) is 0 Å². The number of fused-ring (bicyclic) bond motifs is 2. The van der Waals surface area contributed by atoms with E-state index in [-0.39, 0.29) is 42.5 Å². The number of anilines is 2. The van der Waals surface area contributed by atoms with Crippen molar-refractivity contribution in [1.29, 1.82) is 0 Å². The highest BCUT2D eigenvalue weighted by atomic mass is 16.5. The zero-order chi connectivity index (χ0) is 25.7. The van der Waals surface area contributed by atoms with Gasteiger partial charge in [0.15, 0.2) is 0 Å². The summed E-state index contributed by atoms with van der Waals surface area (Å²) in [4.78, 5) is 54.6. The molecule has 3 fully saturated rings. The molecule has 3 aromatic rings. The molecule has 2 heterocycles. The summed E-state index contributed by atoms with van der Waals surface area (Å²) in [5.41, 5.74) is 1.28. The van der Waals surface area contributed by atoms with Crippen LogP contribution in [0.5, 0.6) is 5.75 Å². The Kier molecular flexibility index (Phi) is 5.78. The number of carbonyl (C=O) groups is 4. The maximum atomic E-state index is 13.0. The summed E-state index contributed by atoms with van der Waals surface area (Å²) in [5.74, 6) is -1.16. The van der Waals surface area contributed by atoms with Gasteiger partial charge in [0, 0.05) is 18.4 Å². The number of carbonyl (C=O) groups excluding carboxylic acids is 4. The number of ether oxygens (including phenoxy) is 1. The molecular formula is C30H28N2O5. The molecule has 2 saturated heterocycles. The van der Waals surface area contributed by atoms with E-state index in [4.69, 9.17) is 4.74 Å². The number of hydrogen-bond acceptors (Lipinski definition) is 5. The Balaban J connectivity index is 1.14. The van der Waals surface area contributed by atoms with Gasteiger partial charge in [0.1, 0.15) is 5.75 Å². The third kappa shape index (κ3) is 4.08. The Hall–Kier alpha value is -4.00. The van der Waals surface area contributed by atoms with E-state index in [1.54, 1.807) is 29.2 Å². The van der Waals surface area contributed by atoms with Crippen molar-refractivity contribution in [2.45, 2.75) is 32.6 Å². The summed E-state index contributed by atoms with van der Waals surface area (Å²) in [5, 5.41) is 1.99. The smallest absolute Gasteiger partial charge is 0.316 e. The van der Waals surface area contributed by atoms with E-state index in [1.807, 2.05) is 42.5 Å². The van der Waals surface area contributed by atoms with Crippen molar-refractivity contribution >= 4 is 45.8 Å². The largest absolute Gasteiger partial charge is 0.426 e. The first-order chi connectivity index (χ1) is 17.9. The van der Waals surface area contributed by atoms with Crippen molar-refractivity contribution < 1.29 is 23.9 Å². The Bertz CT molecular complexity index is 1410. The average Bonchev–Trinajstić information content (AvgIpc) is 3.41. The lowest BCUT2D eigenvalue weighted by molar-refractivity contribution is -0.139. The topological polar surface area (TPSA) is 84.0 Å². The van der Waals surface area contributed by atoms with Gasteiger partial charge in [-0.15, -0.1) is 0 Å². The van der Waals surface area contributed by atoms with E-state index in [1.165, 1.54) is 4.90 Å². The number of amides is 3. The Labute approximate surface area is 215 Å². The molecule has 37 heavy (non-hydrogen) atoms. The fourth-order valence-corrected chi connectivity index (χ4v) is 6.05. The highest BCUT2D eigenvalue weighted by molar-refractivity contribution is 6.22. The molecule has 6 rings (SSSR count). The zero-order valence-corrected chi connectivity index (χ0v) is 20.6. The fourth-order valence-electron chi connectivity index (χ4n) is 6.05. The van der Waals surface area contributed by atoms with Gasteiger partial charge in [0.2, 0.25) is 17.7 Å². The molecule has 0 unspecified atom stereocenters. The first-order valence-electron chi connectivity index (χ1n) is 12.9. The van der Waals surface area contributed by atoms with Gasteiger partial charge in [0.25, 0.3) is 0 Å². The van der Waals surface area contributed by atoms with Gasteiger partial charge in [-0.25, -0.2) is 0 Å². The summed E-state index contributed by atoms with van der Waals surface area (Å²) in [6.45, 7) is 2.38. The van der Waals surface area contributed by atoms with E-state index in [9.17, 15) is 19.2 Å². The minimum absolute atomic E-state index is 0.0815. The number of nitrogens with zero attached hydrogens (tertiary/aromatic N) is 2. The van der Waals surface area contributed by atoms with Crippen LogP contribution < -0.4 is 14.5 Å². The summed E-state index contributed by atoms with van der Waals surface area (Å²) < 4.78 is 5.59. The van der Waals surface area contributed by atoms with E-state index in [0.717, 1.165) is 35.7 Å². The molecule has 0 radical (unpaired) electrons. The second-order valence-electron chi connectivity index (χ2n) is 10.5. The second-order valence-corrected chi connectivity index (χ2v) is 10.5. The molecule has 3 aromatic carbocycles. The van der Waals surface area contributed by atoms with Crippen molar-refractivity contribution in [3.8, 4) is 5.75 Å². The van der Waals surface area contributed by atoms with Crippen LogP contribution in [0.4, 0.5) is 11.4 Å². The predicted molar refractivity (Wildman–Crippen MR) is 139 cm³/mol. The van der Waals surface area contributed by atoms with Crippen LogP contribution in [0.15, 0.2) is 66.7 Å². The number of hydrogen-bond donors (Lipinski definition) is 0. The molecule has 0 spiro atoms. The first-order valence-corrected chi connectivity index (χ1v) is 12.9. The molecule has 7 nitrogen and oxygen atoms in total. The summed E-state index contributed by atoms with van der Waals surface area (Å²) in [6, 6.07) is 20.1. The van der Waals surface area contributed by atoms with Crippen LogP contribution >= 0.6 is 0 Å². The van der Waals surface area contributed by atoms with Crippen LogP contribution in [-0.4, -0.2) is 30.2 Å². The van der Waals surface area contributed by atoms with Gasteiger partial charge in [-0.3, -0.25) is 24.1 Å². The van der Waals surface area contributed by atoms with Gasteiger partial charge in [-0.2, -0.15) is 0 Å². The van der Waals surface area contributed by atoms with E-state index in [0.29, 0.717) is 17.4 Å². The van der Waals surface area contributed by atoms with Crippen molar-refractivity contribution in [3.05, 3.63) is 66.7 Å². The molecular weight excluding hydrogens is 468 g/mol. The van der Waals surface area contributed by atoms with Crippen LogP contribution in [0.3, 0.4) is 0 Å². The summed E-state index contributed by atoms with van der Waals surface area (Å²) in [7, 11) is 0. The van der Waals surface area contributed by atoms with E-state index < -0.39 is 11.9 Å². The first kappa shape index (κ1) is 23.4. The number of rotatable bonds is 4. The highest BCUT2D eigenvalue weighted by Crippen LogP contribution is 2.42. The number of benzene rings is 3. The Morgan fingerprint density at radius 2 is 1.59 bits per heavy atom. The molecule has 0 aromatic heterocycles. The number of imide groups is 1. The van der Waals surface area contributed by atoms with Crippen LogP contribution in [0, 0.1) is 23.7 Å². The fraction of sp³-hybridized carbons (Fsp3) is 0.333. The van der Waals surface area contributed by atoms with Crippen LogP contribution in [0.1, 0.15) is 32.6 Å². The molecule has 188 valence electrons. The Morgan fingerprint density at radius 1 is 0.865 bits per heavy atom. The molecule has 3 aliphatic rings. The maximum absolute atomic E-state index is 13.0. The number of esters is 1. The Morgan fingerprint density at radius 3 is 2.41 bits per heavy atom. The highest BCUT2D eigenvalue weighted by Gasteiger charge is 2.50. The molecule has 0 N–H and O–H groups in total. The molecule has 1 saturated carbocycles. The third-order valence-electron chi connectivity index (χ3n) is 8.02. The van der Waals surface area contributed by atoms with Gasteiger partial charge < -0.3 is 9.64 Å². The van der Waals surface area contributed by atoms with E-state index in [2.05, 4.69) is 6.92 Å². The predicted octanol–water partition coefficient (Wildman–Crippen LogP) is 4.72. The normalized spacial score (nSPS) is 25.6. The third-order valence-corrected chi connectivity index (χ3v) is 8.02. The SMILES string of the molecule is C[C@@H]1CC[C@@H]2C(=O)N(c3ccc(OC(=O)[C@@H]4CC(=O)N(c5cccc6ccccc56)C4)cc3)C(=O)[C@@H]2C1. The molecule has 2 aliphatic heterocycles. The van der Waals surface area contributed by atoms with Crippen LogP contribution in [-0.2, 0) is 19.2 Å². The molecule has 4 atom stereocenters. The van der Waals surface area contributed by atoms with Gasteiger partial charge >= 0.3 is 5.97 Å². The average molecular weight is 497 g/mol. The van der Waals surface area contributed by atoms with Crippen molar-refractivity contribution in [2.75, 3.05) is 16.3 Å². The maximum Gasteiger partial charge on any atom is 0.316 e. The molecule has 0 bridgehead atoms. The lowest BCUT2D eigenvalue weighted by Crippen LogP contribution is -2.30. The molecule has 3 amide bonds. The monoisotopic (exact) mass is 496 g/mol. The summed E-state index contributed by atoms with van der Waals surface area (Å²) >= 11 is 0. The van der Waals surface area contributed by atoms with Crippen LogP contribution in [0.2, 0.25) is 0 Å². The molecule has 1 aliphatic carbocycles. The van der Waals surface area contributed by atoms with Crippen molar-refractivity contribution in [2.24, 2.45) is 23.7 Å². The standard InChI is InChI=1S/C30H28N2O5/c1-18-9-14-24-25(15-18)29(35)32(28(24)34)21-10-12-22(13-11-21)37-30(36)20-16-27(33)31(17-20)26-8-4-6-19-5-2-3-7-23(19)26/h2-8,10-13,18,20,24-25H,9,14-17H2,1H3/t18-,20-,24+,25-/m1/s1. The quantitative estimate of drug-likeness (QED) is 0.296. The lowest BCUT2D eigenvalue weighted by Gasteiger charge is -2.25. The minimum Gasteiger partial charge on any atom is -0.426 e. The minimum atomic E-state index is -0.585. The van der Waals surface area contributed by atoms with Gasteiger partial charge in [-0.1, -0.05) is 43.3 Å². The van der Waals surface area contributed by atoms with Gasteiger partial charge in [0.05, 0.1) is 29.1 Å². The lowest BCUT2D eigenvalue weighted by atomic mass is 9.76. The van der Waals surface area contributed by atoms with Crippen molar-refractivity contribution in [3.63, 3.8) is 0 Å². The zero-order valence-electron chi connectivity index (χ0n) is 20.6. The van der Waals surface area contributed by atoms with Crippen LogP contribution in [0.25, 0.3) is 10.8 Å². The molecule has 7 heteroatoms.